The lowest BCUT2D eigenvalue weighted by Gasteiger charge is -2.57. The average molecular weight is 421 g/mol. The van der Waals surface area contributed by atoms with Crippen LogP contribution in [0.1, 0.15) is 77.8 Å². The number of benzene rings is 1. The Kier molecular flexibility index (Phi) is 5.31. The Bertz CT molecular complexity index is 1020. The molecule has 0 N–H and O–H groups in total. The summed E-state index contributed by atoms with van der Waals surface area (Å²) in [5.41, 5.74) is 3.62. The fourth-order valence-corrected chi connectivity index (χ4v) is 6.83. The Labute approximate surface area is 184 Å². The van der Waals surface area contributed by atoms with E-state index in [4.69, 9.17) is 4.74 Å². The first-order valence-electron chi connectivity index (χ1n) is 11.3. The molecule has 4 heteroatoms. The number of fused-ring (bicyclic) bond motifs is 2. The van der Waals surface area contributed by atoms with Crippen LogP contribution in [-0.2, 0) is 16.0 Å². The van der Waals surface area contributed by atoms with Crippen LogP contribution >= 0.6 is 0 Å². The predicted molar refractivity (Wildman–Crippen MR) is 120 cm³/mol. The number of hydrogen-bond acceptors (Lipinski definition) is 4. The zero-order valence-corrected chi connectivity index (χ0v) is 19.0. The van der Waals surface area contributed by atoms with Crippen LogP contribution in [-0.4, -0.2) is 24.6 Å². The van der Waals surface area contributed by atoms with Crippen LogP contribution in [0.3, 0.4) is 0 Å². The summed E-state index contributed by atoms with van der Waals surface area (Å²) < 4.78 is 5.24. The maximum Gasteiger partial charge on any atom is 0.311 e. The van der Waals surface area contributed by atoms with E-state index >= 15 is 0 Å². The lowest BCUT2D eigenvalue weighted by atomic mass is 9.46. The van der Waals surface area contributed by atoms with E-state index in [1.807, 2.05) is 13.0 Å². The number of rotatable bonds is 3. The molecule has 4 rings (SSSR count). The van der Waals surface area contributed by atoms with Crippen LogP contribution in [0, 0.1) is 29.6 Å². The SMILES string of the molecule is C=C1CC[C@@H]2[C@](C)(CCC[C@]2(C)C(=O)OC)[C@H]1Cc1c(C)ccc2c1C(=O)C=CC2=O. The van der Waals surface area contributed by atoms with Crippen LogP contribution < -0.4 is 0 Å². The number of hydrogen-bond donors (Lipinski definition) is 0. The number of ketones is 2. The van der Waals surface area contributed by atoms with Gasteiger partial charge in [0, 0.05) is 11.1 Å². The maximum atomic E-state index is 12.8. The third-order valence-corrected chi connectivity index (χ3v) is 8.52. The quantitative estimate of drug-likeness (QED) is 0.484. The van der Waals surface area contributed by atoms with E-state index in [2.05, 4.69) is 20.4 Å². The largest absolute Gasteiger partial charge is 0.469 e. The number of aryl methyl sites for hydroxylation is 1. The number of methoxy groups -OCH3 is 1. The molecule has 4 atom stereocenters. The van der Waals surface area contributed by atoms with Crippen molar-refractivity contribution in [2.45, 2.75) is 59.3 Å². The molecule has 31 heavy (non-hydrogen) atoms. The smallest absolute Gasteiger partial charge is 0.311 e. The van der Waals surface area contributed by atoms with Gasteiger partial charge in [-0.15, -0.1) is 0 Å². The van der Waals surface area contributed by atoms with Gasteiger partial charge in [0.1, 0.15) is 0 Å². The minimum absolute atomic E-state index is 0.0977. The van der Waals surface area contributed by atoms with Gasteiger partial charge in [-0.1, -0.05) is 37.6 Å². The molecule has 164 valence electrons. The van der Waals surface area contributed by atoms with Gasteiger partial charge in [0.2, 0.25) is 0 Å². The van der Waals surface area contributed by atoms with E-state index < -0.39 is 5.41 Å². The molecule has 0 saturated heterocycles. The molecule has 0 bridgehead atoms. The summed E-state index contributed by atoms with van der Waals surface area (Å²) in [5, 5.41) is 0. The molecule has 2 fully saturated rings. The number of carbonyl (C=O) groups excluding carboxylic acids is 3. The van der Waals surface area contributed by atoms with E-state index in [1.165, 1.54) is 24.8 Å². The van der Waals surface area contributed by atoms with E-state index in [1.54, 1.807) is 6.07 Å². The third-order valence-electron chi connectivity index (χ3n) is 8.52. The van der Waals surface area contributed by atoms with Crippen molar-refractivity contribution in [1.82, 2.24) is 0 Å². The van der Waals surface area contributed by atoms with Crippen molar-refractivity contribution < 1.29 is 19.1 Å². The minimum atomic E-state index is -0.500. The zero-order chi connectivity index (χ0) is 22.6. The van der Waals surface area contributed by atoms with E-state index in [-0.39, 0.29) is 34.8 Å². The van der Waals surface area contributed by atoms with Crippen LogP contribution in [0.2, 0.25) is 0 Å². The van der Waals surface area contributed by atoms with E-state index in [9.17, 15) is 14.4 Å². The predicted octanol–water partition coefficient (Wildman–Crippen LogP) is 5.42. The number of esters is 1. The molecule has 2 saturated carbocycles. The molecule has 1 aromatic rings. The Morgan fingerprint density at radius 1 is 1.16 bits per heavy atom. The van der Waals surface area contributed by atoms with Gasteiger partial charge in [-0.05, 0) is 86.5 Å². The second-order valence-corrected chi connectivity index (χ2v) is 10.1. The molecule has 4 nitrogen and oxygen atoms in total. The van der Waals surface area contributed by atoms with Crippen molar-refractivity contribution in [2.75, 3.05) is 7.11 Å². The van der Waals surface area contributed by atoms with Gasteiger partial charge in [0.25, 0.3) is 0 Å². The van der Waals surface area contributed by atoms with Crippen LogP contribution in [0.15, 0.2) is 36.4 Å². The summed E-state index contributed by atoms with van der Waals surface area (Å²) in [7, 11) is 1.48. The Balaban J connectivity index is 1.78. The van der Waals surface area contributed by atoms with Crippen LogP contribution in [0.5, 0.6) is 0 Å². The van der Waals surface area contributed by atoms with Gasteiger partial charge in [0.05, 0.1) is 12.5 Å². The highest BCUT2D eigenvalue weighted by Crippen LogP contribution is 2.62. The monoisotopic (exact) mass is 420 g/mol. The second-order valence-electron chi connectivity index (χ2n) is 10.1. The fraction of sp³-hybridized carbons (Fsp3) is 0.519. The first-order valence-corrected chi connectivity index (χ1v) is 11.3. The average Bonchev–Trinajstić information content (AvgIpc) is 2.73. The van der Waals surface area contributed by atoms with Gasteiger partial charge in [0.15, 0.2) is 11.6 Å². The molecule has 3 aliphatic rings. The summed E-state index contributed by atoms with van der Waals surface area (Å²) >= 11 is 0. The molecule has 0 aromatic heterocycles. The molecule has 1 aromatic carbocycles. The van der Waals surface area contributed by atoms with Crippen molar-refractivity contribution in [2.24, 2.45) is 22.7 Å². The van der Waals surface area contributed by atoms with E-state index in [0.29, 0.717) is 17.5 Å². The molecule has 0 heterocycles. The molecule has 0 spiro atoms. The molecular weight excluding hydrogens is 388 g/mol. The van der Waals surface area contributed by atoms with Crippen molar-refractivity contribution in [3.8, 4) is 0 Å². The van der Waals surface area contributed by atoms with Crippen molar-refractivity contribution in [3.05, 3.63) is 58.7 Å². The molecule has 0 unspecified atom stereocenters. The van der Waals surface area contributed by atoms with Crippen LogP contribution in [0.4, 0.5) is 0 Å². The minimum Gasteiger partial charge on any atom is -0.469 e. The van der Waals surface area contributed by atoms with Crippen molar-refractivity contribution in [3.63, 3.8) is 0 Å². The van der Waals surface area contributed by atoms with Gasteiger partial charge in [-0.2, -0.15) is 0 Å². The highest BCUT2D eigenvalue weighted by Gasteiger charge is 2.57. The lowest BCUT2D eigenvalue weighted by Crippen LogP contribution is -2.54. The van der Waals surface area contributed by atoms with Gasteiger partial charge in [-0.25, -0.2) is 0 Å². The standard InChI is InChI=1S/C27H32O4/c1-16-7-9-18-21(28)10-11-22(29)24(18)19(16)15-20-17(2)8-12-23-26(20,3)13-6-14-27(23,4)25(30)31-5/h7,9-11,20,23H,2,6,8,12-15H2,1,3-5H3/t20-,23+,26+,27-/m0/s1. The third kappa shape index (κ3) is 3.22. The molecular formula is C27H32O4. The first-order chi connectivity index (χ1) is 14.6. The Hall–Kier alpha value is -2.49. The topological polar surface area (TPSA) is 60.4 Å². The number of carbonyl (C=O) groups is 3. The van der Waals surface area contributed by atoms with Crippen molar-refractivity contribution in [1.29, 1.82) is 0 Å². The molecule has 0 amide bonds. The van der Waals surface area contributed by atoms with Crippen LogP contribution in [0.25, 0.3) is 0 Å². The summed E-state index contributed by atoms with van der Waals surface area (Å²) in [5.74, 6) is 0.0231. The number of allylic oxidation sites excluding steroid dienone is 3. The molecule has 0 aliphatic heterocycles. The lowest BCUT2D eigenvalue weighted by molar-refractivity contribution is -0.167. The summed E-state index contributed by atoms with van der Waals surface area (Å²) in [4.78, 5) is 38.0. The van der Waals surface area contributed by atoms with Crippen molar-refractivity contribution >= 4 is 17.5 Å². The summed E-state index contributed by atoms with van der Waals surface area (Å²) in [6, 6.07) is 3.72. The second kappa shape index (κ2) is 7.58. The normalized spacial score (nSPS) is 32.5. The summed E-state index contributed by atoms with van der Waals surface area (Å²) in [6.45, 7) is 10.8. The molecule has 0 radical (unpaired) electrons. The maximum absolute atomic E-state index is 12.8. The molecule has 3 aliphatic carbocycles. The first kappa shape index (κ1) is 21.7. The number of ether oxygens (including phenoxy) is 1. The zero-order valence-electron chi connectivity index (χ0n) is 19.0. The van der Waals surface area contributed by atoms with Gasteiger partial charge in [-0.3, -0.25) is 14.4 Å². The Morgan fingerprint density at radius 2 is 1.87 bits per heavy atom. The fourth-order valence-electron chi connectivity index (χ4n) is 6.83. The summed E-state index contributed by atoms with van der Waals surface area (Å²) in [6.07, 6.45) is 8.07. The van der Waals surface area contributed by atoms with Gasteiger partial charge >= 0.3 is 5.97 Å². The highest BCUT2D eigenvalue weighted by molar-refractivity contribution is 6.22. The van der Waals surface area contributed by atoms with E-state index in [0.717, 1.165) is 43.2 Å². The highest BCUT2D eigenvalue weighted by atomic mass is 16.5. The Morgan fingerprint density at radius 3 is 2.58 bits per heavy atom. The van der Waals surface area contributed by atoms with Gasteiger partial charge < -0.3 is 4.74 Å².